The third kappa shape index (κ3) is 5.48. The number of nitrogens with zero attached hydrogens (tertiary/aromatic N) is 1. The maximum absolute atomic E-state index is 12.6. The summed E-state index contributed by atoms with van der Waals surface area (Å²) < 4.78 is 5.21. The minimum Gasteiger partial charge on any atom is -0.497 e. The Morgan fingerprint density at radius 2 is 1.96 bits per heavy atom. The normalized spacial score (nSPS) is 11.7. The summed E-state index contributed by atoms with van der Waals surface area (Å²) in [5.74, 6) is 0.464. The predicted octanol–water partition coefficient (Wildman–Crippen LogP) is 4.72. The lowest BCUT2D eigenvalue weighted by Gasteiger charge is -2.21. The number of methoxy groups -OCH3 is 1. The second-order valence-corrected chi connectivity index (χ2v) is 6.89. The molecule has 0 fully saturated rings. The zero-order valence-electron chi connectivity index (χ0n) is 14.7. The fourth-order valence-electron chi connectivity index (χ4n) is 2.72. The second kappa shape index (κ2) is 9.60. The maximum atomic E-state index is 12.6. The van der Waals surface area contributed by atoms with Crippen LogP contribution in [-0.4, -0.2) is 31.3 Å². The Kier molecular flexibility index (Phi) is 7.49. The Balaban J connectivity index is 2.08. The molecule has 0 saturated carbocycles. The zero-order chi connectivity index (χ0) is 19.1. The first kappa shape index (κ1) is 20.3. The molecule has 2 aromatic carbocycles. The smallest absolute Gasteiger partial charge is 0.223 e. The van der Waals surface area contributed by atoms with Crippen LogP contribution in [0.4, 0.5) is 0 Å². The fourth-order valence-corrected chi connectivity index (χ4v) is 3.03. The van der Waals surface area contributed by atoms with Crippen molar-refractivity contribution in [3.05, 3.63) is 63.6 Å². The quantitative estimate of drug-likeness (QED) is 0.609. The lowest BCUT2D eigenvalue weighted by Crippen LogP contribution is -2.27. The number of hydrogen-bond donors (Lipinski definition) is 0. The van der Waals surface area contributed by atoms with Crippen LogP contribution in [-0.2, 0) is 16.1 Å². The fraction of sp³-hybridized carbons (Fsp3) is 0.300. The average Bonchev–Trinajstić information content (AvgIpc) is 2.63. The summed E-state index contributed by atoms with van der Waals surface area (Å²) >= 11 is 12.0. The summed E-state index contributed by atoms with van der Waals surface area (Å²) in [6.07, 6.45) is 1.29. The largest absolute Gasteiger partial charge is 0.497 e. The summed E-state index contributed by atoms with van der Waals surface area (Å²) in [5, 5.41) is 0.860. The summed E-state index contributed by atoms with van der Waals surface area (Å²) in [7, 11) is 3.35. The third-order valence-electron chi connectivity index (χ3n) is 4.20. The lowest BCUT2D eigenvalue weighted by molar-refractivity contribution is -0.130. The maximum Gasteiger partial charge on any atom is 0.223 e. The number of rotatable bonds is 8. The van der Waals surface area contributed by atoms with Crippen LogP contribution < -0.4 is 4.74 Å². The molecule has 1 atom stereocenters. The van der Waals surface area contributed by atoms with E-state index in [4.69, 9.17) is 27.9 Å². The van der Waals surface area contributed by atoms with E-state index < -0.39 is 0 Å². The summed E-state index contributed by atoms with van der Waals surface area (Å²) in [5.41, 5.74) is 1.80. The van der Waals surface area contributed by atoms with Crippen LogP contribution in [0.2, 0.25) is 10.0 Å². The van der Waals surface area contributed by atoms with Gasteiger partial charge in [0, 0.05) is 26.4 Å². The Hall–Kier alpha value is -2.04. The molecule has 0 N–H and O–H groups in total. The van der Waals surface area contributed by atoms with Crippen molar-refractivity contribution in [3.63, 3.8) is 0 Å². The van der Waals surface area contributed by atoms with Crippen LogP contribution in [0.3, 0.4) is 0 Å². The third-order valence-corrected chi connectivity index (χ3v) is 4.94. The van der Waals surface area contributed by atoms with E-state index in [9.17, 15) is 9.59 Å². The standard InChI is InChI=1S/C20H21Cl2NO3/c1-23(13-14-4-3-5-17(10-14)26-2)20(25)12-16(8-9-24)15-6-7-18(21)19(22)11-15/h3-7,9-11,16H,8,12-13H2,1-2H3. The van der Waals surface area contributed by atoms with Crippen LogP contribution in [0.5, 0.6) is 5.75 Å². The molecule has 0 aliphatic heterocycles. The van der Waals surface area contributed by atoms with Gasteiger partial charge in [-0.3, -0.25) is 4.79 Å². The SMILES string of the molecule is COc1cccc(CN(C)C(=O)CC(CC=O)c2ccc(Cl)c(Cl)c2)c1. The van der Waals surface area contributed by atoms with Crippen LogP contribution in [0.25, 0.3) is 0 Å². The van der Waals surface area contributed by atoms with Gasteiger partial charge in [-0.15, -0.1) is 0 Å². The molecule has 4 nitrogen and oxygen atoms in total. The van der Waals surface area contributed by atoms with E-state index >= 15 is 0 Å². The zero-order valence-corrected chi connectivity index (χ0v) is 16.3. The van der Waals surface area contributed by atoms with Gasteiger partial charge in [0.25, 0.3) is 0 Å². The number of ether oxygens (including phenoxy) is 1. The number of amides is 1. The molecule has 0 aromatic heterocycles. The minimum absolute atomic E-state index is 0.0502. The van der Waals surface area contributed by atoms with Gasteiger partial charge in [0.1, 0.15) is 12.0 Å². The van der Waals surface area contributed by atoms with Crippen molar-refractivity contribution in [2.24, 2.45) is 0 Å². The summed E-state index contributed by atoms with van der Waals surface area (Å²) in [4.78, 5) is 25.3. The van der Waals surface area contributed by atoms with Crippen LogP contribution >= 0.6 is 23.2 Å². The molecule has 26 heavy (non-hydrogen) atoms. The van der Waals surface area contributed by atoms with Crippen LogP contribution in [0.15, 0.2) is 42.5 Å². The van der Waals surface area contributed by atoms with Crippen LogP contribution in [0.1, 0.15) is 29.9 Å². The van der Waals surface area contributed by atoms with Gasteiger partial charge in [0.2, 0.25) is 5.91 Å². The molecule has 1 amide bonds. The number of hydrogen-bond acceptors (Lipinski definition) is 3. The number of aldehydes is 1. The molecule has 0 spiro atoms. The Labute approximate surface area is 163 Å². The van der Waals surface area contributed by atoms with Crippen LogP contribution in [0, 0.1) is 0 Å². The van der Waals surface area contributed by atoms with Crippen molar-refractivity contribution in [2.75, 3.05) is 14.2 Å². The van der Waals surface area contributed by atoms with E-state index in [0.717, 1.165) is 23.2 Å². The number of carbonyl (C=O) groups is 2. The first-order valence-electron chi connectivity index (χ1n) is 8.20. The van der Waals surface area contributed by atoms with E-state index in [1.165, 1.54) is 0 Å². The van der Waals surface area contributed by atoms with Gasteiger partial charge in [-0.05, 0) is 41.3 Å². The van der Waals surface area contributed by atoms with Gasteiger partial charge in [0.05, 0.1) is 17.2 Å². The first-order chi connectivity index (χ1) is 12.4. The van der Waals surface area contributed by atoms with Gasteiger partial charge < -0.3 is 14.4 Å². The highest BCUT2D eigenvalue weighted by molar-refractivity contribution is 6.42. The van der Waals surface area contributed by atoms with E-state index in [-0.39, 0.29) is 24.7 Å². The number of halogens is 2. The van der Waals surface area contributed by atoms with E-state index in [1.54, 1.807) is 37.3 Å². The average molecular weight is 394 g/mol. The molecule has 2 rings (SSSR count). The highest BCUT2D eigenvalue weighted by Gasteiger charge is 2.19. The van der Waals surface area contributed by atoms with Gasteiger partial charge in [-0.1, -0.05) is 41.4 Å². The molecule has 0 aliphatic rings. The van der Waals surface area contributed by atoms with Gasteiger partial charge in [-0.2, -0.15) is 0 Å². The molecule has 138 valence electrons. The highest BCUT2D eigenvalue weighted by atomic mass is 35.5. The lowest BCUT2D eigenvalue weighted by atomic mass is 9.92. The van der Waals surface area contributed by atoms with E-state index in [1.807, 2.05) is 24.3 Å². The molecule has 0 saturated heterocycles. The van der Waals surface area contributed by atoms with Crippen molar-refractivity contribution in [3.8, 4) is 5.75 Å². The van der Waals surface area contributed by atoms with Gasteiger partial charge in [-0.25, -0.2) is 0 Å². The van der Waals surface area contributed by atoms with Crippen molar-refractivity contribution in [1.29, 1.82) is 0 Å². The van der Waals surface area contributed by atoms with Gasteiger partial charge in [0.15, 0.2) is 0 Å². The highest BCUT2D eigenvalue weighted by Crippen LogP contribution is 2.30. The van der Waals surface area contributed by atoms with E-state index in [0.29, 0.717) is 16.6 Å². The Morgan fingerprint density at radius 1 is 1.19 bits per heavy atom. The molecule has 1 unspecified atom stereocenters. The minimum atomic E-state index is -0.234. The Morgan fingerprint density at radius 3 is 2.62 bits per heavy atom. The molecular weight excluding hydrogens is 373 g/mol. The molecular formula is C20H21Cl2NO3. The summed E-state index contributed by atoms with van der Waals surface area (Å²) in [6.45, 7) is 0.464. The van der Waals surface area contributed by atoms with Crippen molar-refractivity contribution in [1.82, 2.24) is 4.90 Å². The molecule has 0 bridgehead atoms. The molecule has 0 heterocycles. The summed E-state index contributed by atoms with van der Waals surface area (Å²) in [6, 6.07) is 12.8. The first-order valence-corrected chi connectivity index (χ1v) is 8.95. The van der Waals surface area contributed by atoms with E-state index in [2.05, 4.69) is 0 Å². The molecule has 6 heteroatoms. The number of carbonyl (C=O) groups excluding carboxylic acids is 2. The van der Waals surface area contributed by atoms with Crippen molar-refractivity contribution < 1.29 is 14.3 Å². The number of benzene rings is 2. The van der Waals surface area contributed by atoms with Gasteiger partial charge >= 0.3 is 0 Å². The molecule has 2 aromatic rings. The predicted molar refractivity (Wildman–Crippen MR) is 104 cm³/mol. The molecule has 0 aliphatic carbocycles. The molecule has 0 radical (unpaired) electrons. The Bertz CT molecular complexity index is 779. The van der Waals surface area contributed by atoms with Crippen molar-refractivity contribution in [2.45, 2.75) is 25.3 Å². The van der Waals surface area contributed by atoms with Crippen molar-refractivity contribution >= 4 is 35.4 Å². The monoisotopic (exact) mass is 393 g/mol. The topological polar surface area (TPSA) is 46.6 Å². The second-order valence-electron chi connectivity index (χ2n) is 6.08.